The van der Waals surface area contributed by atoms with Crippen LogP contribution < -0.4 is 5.32 Å². The lowest BCUT2D eigenvalue weighted by Gasteiger charge is -2.09. The normalized spacial score (nSPS) is 11.9. The molecule has 0 aliphatic rings. The highest BCUT2D eigenvalue weighted by Crippen LogP contribution is 2.21. The number of nitrogens with one attached hydrogen (secondary N) is 1. The summed E-state index contributed by atoms with van der Waals surface area (Å²) in [5.74, 6) is -0.247. The molecule has 1 aromatic rings. The van der Waals surface area contributed by atoms with Gasteiger partial charge < -0.3 is 10.4 Å². The van der Waals surface area contributed by atoms with Crippen molar-refractivity contribution in [1.29, 1.82) is 0 Å². The Balaban J connectivity index is 2.59. The second-order valence-corrected chi connectivity index (χ2v) is 5.01. The average molecular weight is 301 g/mol. The van der Waals surface area contributed by atoms with Gasteiger partial charge in [-0.2, -0.15) is 0 Å². The lowest BCUT2D eigenvalue weighted by atomic mass is 10.1. The summed E-state index contributed by atoms with van der Waals surface area (Å²) >= 11 is 5.86. The minimum absolute atomic E-state index is 0.0936. The number of hydrogen-bond acceptors (Lipinski definition) is 4. The van der Waals surface area contributed by atoms with Gasteiger partial charge in [-0.3, -0.25) is 14.9 Å². The molecule has 0 radical (unpaired) electrons. The molecule has 1 aromatic carbocycles. The van der Waals surface area contributed by atoms with E-state index in [4.69, 9.17) is 16.7 Å². The van der Waals surface area contributed by atoms with Crippen LogP contribution in [0.3, 0.4) is 0 Å². The Labute approximate surface area is 121 Å². The van der Waals surface area contributed by atoms with Crippen LogP contribution in [-0.2, 0) is 0 Å². The smallest absolute Gasteiger partial charge is 0.270 e. The van der Waals surface area contributed by atoms with Crippen molar-refractivity contribution in [2.45, 2.75) is 19.8 Å². The minimum Gasteiger partial charge on any atom is -0.396 e. The molecule has 7 heteroatoms. The first-order valence-corrected chi connectivity index (χ1v) is 6.66. The highest BCUT2D eigenvalue weighted by atomic mass is 35.5. The van der Waals surface area contributed by atoms with Crippen LogP contribution in [0.25, 0.3) is 0 Å². The number of hydrogen-bond donors (Lipinski definition) is 2. The first kappa shape index (κ1) is 16.4. The molecule has 0 aliphatic carbocycles. The number of non-ortho nitro benzene ring substituents is 1. The van der Waals surface area contributed by atoms with Crippen molar-refractivity contribution in [2.75, 3.05) is 13.2 Å². The zero-order valence-corrected chi connectivity index (χ0v) is 11.9. The van der Waals surface area contributed by atoms with Crippen molar-refractivity contribution in [3.8, 4) is 0 Å². The van der Waals surface area contributed by atoms with E-state index in [-0.39, 0.29) is 28.8 Å². The predicted octanol–water partition coefficient (Wildman–Crippen LogP) is 2.39. The topological polar surface area (TPSA) is 92.5 Å². The average Bonchev–Trinajstić information content (AvgIpc) is 2.43. The van der Waals surface area contributed by atoms with Gasteiger partial charge >= 0.3 is 0 Å². The van der Waals surface area contributed by atoms with E-state index in [2.05, 4.69) is 5.32 Å². The zero-order valence-electron chi connectivity index (χ0n) is 11.1. The van der Waals surface area contributed by atoms with Crippen LogP contribution in [0, 0.1) is 16.0 Å². The monoisotopic (exact) mass is 300 g/mol. The summed E-state index contributed by atoms with van der Waals surface area (Å²) < 4.78 is 0. The first-order valence-electron chi connectivity index (χ1n) is 6.28. The third-order valence-electron chi connectivity index (χ3n) is 2.88. The van der Waals surface area contributed by atoms with Crippen LogP contribution in [0.15, 0.2) is 18.2 Å². The van der Waals surface area contributed by atoms with Crippen molar-refractivity contribution in [2.24, 2.45) is 5.92 Å². The number of carbonyl (C=O) groups is 1. The fourth-order valence-corrected chi connectivity index (χ4v) is 1.84. The summed E-state index contributed by atoms with van der Waals surface area (Å²) in [5, 5.41) is 22.4. The number of aliphatic hydroxyl groups excluding tert-OH is 1. The molecular formula is C13H17ClN2O4. The minimum atomic E-state index is -0.573. The number of aliphatic hydroxyl groups is 1. The summed E-state index contributed by atoms with van der Waals surface area (Å²) in [6.45, 7) is 2.46. The molecule has 6 nitrogen and oxygen atoms in total. The molecule has 0 spiro atoms. The van der Waals surface area contributed by atoms with Crippen LogP contribution in [0.4, 0.5) is 5.69 Å². The Morgan fingerprint density at radius 3 is 2.85 bits per heavy atom. The van der Waals surface area contributed by atoms with Gasteiger partial charge in [-0.15, -0.1) is 0 Å². The van der Waals surface area contributed by atoms with Crippen molar-refractivity contribution < 1.29 is 14.8 Å². The van der Waals surface area contributed by atoms with Gasteiger partial charge in [0.2, 0.25) is 0 Å². The molecule has 0 heterocycles. The van der Waals surface area contributed by atoms with Crippen molar-refractivity contribution >= 4 is 23.2 Å². The Morgan fingerprint density at radius 2 is 2.25 bits per heavy atom. The van der Waals surface area contributed by atoms with Crippen molar-refractivity contribution in [1.82, 2.24) is 5.32 Å². The molecule has 2 N–H and O–H groups in total. The van der Waals surface area contributed by atoms with E-state index in [9.17, 15) is 14.9 Å². The van der Waals surface area contributed by atoms with Crippen molar-refractivity contribution in [3.05, 3.63) is 38.9 Å². The maximum Gasteiger partial charge on any atom is 0.270 e. The molecule has 1 amide bonds. The number of rotatable bonds is 7. The molecule has 0 aliphatic heterocycles. The number of nitrogens with zero attached hydrogens (tertiary/aromatic N) is 1. The van der Waals surface area contributed by atoms with Gasteiger partial charge in [0.15, 0.2) is 0 Å². The second kappa shape index (κ2) is 7.81. The third-order valence-corrected chi connectivity index (χ3v) is 3.21. The molecule has 0 saturated carbocycles. The summed E-state index contributed by atoms with van der Waals surface area (Å²) in [7, 11) is 0. The van der Waals surface area contributed by atoms with Crippen LogP contribution in [-0.4, -0.2) is 29.1 Å². The van der Waals surface area contributed by atoms with Gasteiger partial charge in [0, 0.05) is 25.3 Å². The number of halogens is 1. The van der Waals surface area contributed by atoms with Crippen LogP contribution in [0.2, 0.25) is 5.02 Å². The predicted molar refractivity (Wildman–Crippen MR) is 75.9 cm³/mol. The van der Waals surface area contributed by atoms with Gasteiger partial charge in [0.25, 0.3) is 11.6 Å². The Hall–Kier alpha value is -1.66. The van der Waals surface area contributed by atoms with Crippen LogP contribution in [0.1, 0.15) is 30.1 Å². The van der Waals surface area contributed by atoms with Crippen molar-refractivity contribution in [3.63, 3.8) is 0 Å². The lowest BCUT2D eigenvalue weighted by molar-refractivity contribution is -0.384. The molecule has 0 saturated heterocycles. The fourth-order valence-electron chi connectivity index (χ4n) is 1.64. The third kappa shape index (κ3) is 4.79. The van der Waals surface area contributed by atoms with Gasteiger partial charge in [0.05, 0.1) is 15.5 Å². The van der Waals surface area contributed by atoms with Gasteiger partial charge in [-0.25, -0.2) is 0 Å². The Kier molecular flexibility index (Phi) is 6.41. The molecule has 110 valence electrons. The van der Waals surface area contributed by atoms with E-state index >= 15 is 0 Å². The molecule has 0 fully saturated rings. The number of benzene rings is 1. The summed E-state index contributed by atoms with van der Waals surface area (Å²) in [6, 6.07) is 3.75. The Morgan fingerprint density at radius 1 is 1.55 bits per heavy atom. The molecular weight excluding hydrogens is 284 g/mol. The highest BCUT2D eigenvalue weighted by molar-refractivity contribution is 6.33. The van der Waals surface area contributed by atoms with E-state index in [0.717, 1.165) is 18.9 Å². The summed E-state index contributed by atoms with van der Waals surface area (Å²) in [5.41, 5.74) is -0.0791. The molecule has 1 atom stereocenters. The number of nitro benzene ring substituents is 1. The van der Waals surface area contributed by atoms with Gasteiger partial charge in [-0.05, 0) is 24.8 Å². The molecule has 0 aromatic heterocycles. The summed E-state index contributed by atoms with van der Waals surface area (Å²) in [6.07, 6.45) is 1.51. The molecule has 0 bridgehead atoms. The largest absolute Gasteiger partial charge is 0.396 e. The molecule has 1 unspecified atom stereocenters. The number of amides is 1. The summed E-state index contributed by atoms with van der Waals surface area (Å²) in [4.78, 5) is 22.0. The number of carbonyl (C=O) groups excluding carboxylic acids is 1. The standard InChI is InChI=1S/C13H17ClN2O4/c1-9(8-17)3-2-6-15-13(18)11-7-10(16(19)20)4-5-12(11)14/h4-5,7,9,17H,2-3,6,8H2,1H3,(H,15,18). The van der Waals surface area contributed by atoms with E-state index in [0.29, 0.717) is 6.54 Å². The quantitative estimate of drug-likeness (QED) is 0.459. The van der Waals surface area contributed by atoms with Crippen LogP contribution in [0.5, 0.6) is 0 Å². The lowest BCUT2D eigenvalue weighted by Crippen LogP contribution is -2.25. The van der Waals surface area contributed by atoms with Gasteiger partial charge in [-0.1, -0.05) is 18.5 Å². The second-order valence-electron chi connectivity index (χ2n) is 4.61. The first-order chi connectivity index (χ1) is 9.45. The van der Waals surface area contributed by atoms with Gasteiger partial charge in [0.1, 0.15) is 0 Å². The SMILES string of the molecule is CC(CO)CCCNC(=O)c1cc([N+](=O)[O-])ccc1Cl. The fraction of sp³-hybridized carbons (Fsp3) is 0.462. The maximum atomic E-state index is 11.9. The number of nitro groups is 1. The zero-order chi connectivity index (χ0) is 15.1. The molecule has 20 heavy (non-hydrogen) atoms. The van der Waals surface area contributed by atoms with E-state index in [1.165, 1.54) is 12.1 Å². The van der Waals surface area contributed by atoms with Crippen LogP contribution >= 0.6 is 11.6 Å². The highest BCUT2D eigenvalue weighted by Gasteiger charge is 2.15. The van der Waals surface area contributed by atoms with E-state index in [1.807, 2.05) is 6.92 Å². The maximum absolute atomic E-state index is 11.9. The Bertz CT molecular complexity index is 493. The van der Waals surface area contributed by atoms with E-state index in [1.54, 1.807) is 0 Å². The molecule has 1 rings (SSSR count). The van der Waals surface area contributed by atoms with E-state index < -0.39 is 10.8 Å².